The van der Waals surface area contributed by atoms with Crippen molar-refractivity contribution in [2.75, 3.05) is 0 Å². The van der Waals surface area contributed by atoms with E-state index < -0.39 is 16.9 Å². The maximum absolute atomic E-state index is 13.3. The number of pyridine rings is 2. The van der Waals surface area contributed by atoms with Crippen LogP contribution in [0.3, 0.4) is 0 Å². The second-order valence-electron chi connectivity index (χ2n) is 7.38. The summed E-state index contributed by atoms with van der Waals surface area (Å²) in [5.41, 5.74) is -2.63. The van der Waals surface area contributed by atoms with Gasteiger partial charge in [-0.1, -0.05) is 6.92 Å². The molecule has 2 aromatic heterocycles. The number of carbonyl (C=O) groups excluding carboxylic acids is 1. The fourth-order valence-corrected chi connectivity index (χ4v) is 4.59. The molecular weight excluding hydrogens is 336 g/mol. The summed E-state index contributed by atoms with van der Waals surface area (Å²) in [4.78, 5) is 38.2. The number of ketones is 1. The van der Waals surface area contributed by atoms with Crippen LogP contribution in [-0.2, 0) is 18.4 Å². The van der Waals surface area contributed by atoms with Crippen molar-refractivity contribution in [1.29, 1.82) is 0 Å². The first-order chi connectivity index (χ1) is 12.1. The Morgan fingerprint density at radius 2 is 1.54 bits per heavy atom. The zero-order valence-electron chi connectivity index (χ0n) is 15.1. The average Bonchev–Trinajstić information content (AvgIpc) is 2.80. The highest BCUT2D eigenvalue weighted by Crippen LogP contribution is 2.51. The molecule has 0 unspecified atom stereocenters. The van der Waals surface area contributed by atoms with Crippen LogP contribution in [0.2, 0.25) is 0 Å². The quantitative estimate of drug-likeness (QED) is 0.770. The lowest BCUT2D eigenvalue weighted by molar-refractivity contribution is -0.0694. The van der Waals surface area contributed by atoms with E-state index in [-0.39, 0.29) is 46.7 Å². The smallest absolute Gasteiger partial charge is 0.253 e. The van der Waals surface area contributed by atoms with Gasteiger partial charge in [0.2, 0.25) is 0 Å². The molecule has 0 radical (unpaired) electrons. The van der Waals surface area contributed by atoms with Crippen molar-refractivity contribution < 1.29 is 15.0 Å². The van der Waals surface area contributed by atoms with Gasteiger partial charge in [0.05, 0.1) is 11.4 Å². The number of carbonyl (C=O) groups is 1. The number of aromatic nitrogens is 2. The van der Waals surface area contributed by atoms with Gasteiger partial charge < -0.3 is 14.8 Å². The zero-order valence-corrected chi connectivity index (χ0v) is 15.1. The van der Waals surface area contributed by atoms with Crippen LogP contribution in [0.4, 0.5) is 0 Å². The third kappa shape index (κ3) is 1.72. The number of hydrogen-bond acceptors (Lipinski definition) is 5. The lowest BCUT2D eigenvalue weighted by Gasteiger charge is -2.34. The Balaban J connectivity index is 2.28. The van der Waals surface area contributed by atoms with Crippen LogP contribution >= 0.6 is 0 Å². The summed E-state index contributed by atoms with van der Waals surface area (Å²) >= 11 is 0. The van der Waals surface area contributed by atoms with Crippen molar-refractivity contribution >= 4 is 5.78 Å². The Labute approximate surface area is 149 Å². The van der Waals surface area contributed by atoms with Gasteiger partial charge in [-0.25, -0.2) is 0 Å². The molecule has 4 rings (SSSR count). The Hall–Kier alpha value is -2.51. The number of rotatable bonds is 1. The standard InChI is InChI=1S/C19H20N2O5/c1-5-18(25)8-19(26)16-13(9(2)6-11(22)20(16)4)15(24)14-10(3)7-12(23)21(18)17(14)19/h6-7,25-26H,5,8H2,1-4H3/t18-,19-/m0/s1. The summed E-state index contributed by atoms with van der Waals surface area (Å²) in [6, 6.07) is 2.67. The normalized spacial score (nSPS) is 26.0. The Bertz CT molecular complexity index is 1130. The van der Waals surface area contributed by atoms with E-state index in [2.05, 4.69) is 0 Å². The van der Waals surface area contributed by atoms with Gasteiger partial charge in [0.1, 0.15) is 5.72 Å². The number of fused-ring (bicyclic) bond motifs is 2. The molecule has 3 heterocycles. The molecule has 136 valence electrons. The van der Waals surface area contributed by atoms with Crippen LogP contribution in [-0.4, -0.2) is 25.1 Å². The Kier molecular flexibility index (Phi) is 3.13. The van der Waals surface area contributed by atoms with Crippen LogP contribution in [0.1, 0.15) is 58.2 Å². The maximum Gasteiger partial charge on any atom is 0.253 e. The van der Waals surface area contributed by atoms with E-state index in [1.165, 1.54) is 23.7 Å². The summed E-state index contributed by atoms with van der Waals surface area (Å²) in [5, 5.41) is 22.8. The minimum atomic E-state index is -1.80. The van der Waals surface area contributed by atoms with Gasteiger partial charge in [-0.05, 0) is 31.4 Å². The van der Waals surface area contributed by atoms with Gasteiger partial charge >= 0.3 is 0 Å². The SMILES string of the molecule is CC[C@]1(O)C[C@]2(O)c3c(c(C)cc(=O)n3C)C(=O)c3c(C)cc(=O)n1c32. The molecule has 0 amide bonds. The van der Waals surface area contributed by atoms with Crippen molar-refractivity contribution in [2.45, 2.75) is 44.9 Å². The lowest BCUT2D eigenvalue weighted by atomic mass is 9.76. The van der Waals surface area contributed by atoms with Crippen molar-refractivity contribution in [3.05, 3.63) is 66.5 Å². The van der Waals surface area contributed by atoms with E-state index >= 15 is 0 Å². The highest BCUT2D eigenvalue weighted by molar-refractivity contribution is 6.14. The summed E-state index contributed by atoms with van der Waals surface area (Å²) < 4.78 is 2.37. The third-order valence-electron chi connectivity index (χ3n) is 5.81. The lowest BCUT2D eigenvalue weighted by Crippen LogP contribution is -2.42. The van der Waals surface area contributed by atoms with Crippen LogP contribution < -0.4 is 11.1 Å². The predicted octanol–water partition coefficient (Wildman–Crippen LogP) is 0.403. The van der Waals surface area contributed by atoms with Gasteiger partial charge in [0.15, 0.2) is 11.4 Å². The molecule has 0 spiro atoms. The number of aryl methyl sites for hydroxylation is 2. The van der Waals surface area contributed by atoms with Crippen molar-refractivity contribution in [1.82, 2.24) is 9.13 Å². The first kappa shape index (κ1) is 16.9. The summed E-state index contributed by atoms with van der Waals surface area (Å²) in [6.45, 7) is 5.00. The molecule has 0 aromatic carbocycles. The minimum absolute atomic E-state index is 0.0879. The van der Waals surface area contributed by atoms with E-state index in [1.54, 1.807) is 20.8 Å². The molecule has 2 aromatic rings. The fourth-order valence-electron chi connectivity index (χ4n) is 4.59. The van der Waals surface area contributed by atoms with E-state index in [0.29, 0.717) is 11.1 Å². The van der Waals surface area contributed by atoms with E-state index in [4.69, 9.17) is 0 Å². The van der Waals surface area contributed by atoms with Gasteiger partial charge in [-0.15, -0.1) is 0 Å². The summed E-state index contributed by atoms with van der Waals surface area (Å²) in [7, 11) is 1.48. The largest absolute Gasteiger partial charge is 0.377 e. The van der Waals surface area contributed by atoms with Gasteiger partial charge in [-0.3, -0.25) is 19.0 Å². The van der Waals surface area contributed by atoms with Gasteiger partial charge in [0, 0.05) is 36.7 Å². The average molecular weight is 356 g/mol. The third-order valence-corrected chi connectivity index (χ3v) is 5.81. The minimum Gasteiger partial charge on any atom is -0.377 e. The van der Waals surface area contributed by atoms with Gasteiger partial charge in [0.25, 0.3) is 11.1 Å². The van der Waals surface area contributed by atoms with E-state index in [1.807, 2.05) is 0 Å². The molecule has 1 aliphatic heterocycles. The molecule has 1 aliphatic carbocycles. The number of aliphatic hydroxyl groups is 2. The van der Waals surface area contributed by atoms with E-state index in [0.717, 1.165) is 4.57 Å². The summed E-state index contributed by atoms with van der Waals surface area (Å²) in [5.74, 6) is -0.348. The van der Waals surface area contributed by atoms with Crippen LogP contribution in [0.15, 0.2) is 21.7 Å². The number of nitrogens with zero attached hydrogens (tertiary/aromatic N) is 2. The molecule has 0 saturated heterocycles. The Morgan fingerprint density at radius 1 is 1.00 bits per heavy atom. The molecule has 2 N–H and O–H groups in total. The van der Waals surface area contributed by atoms with Crippen molar-refractivity contribution in [2.24, 2.45) is 7.05 Å². The molecule has 0 saturated carbocycles. The van der Waals surface area contributed by atoms with Gasteiger partial charge in [-0.2, -0.15) is 0 Å². The highest BCUT2D eigenvalue weighted by atomic mass is 16.3. The Morgan fingerprint density at radius 3 is 2.12 bits per heavy atom. The molecule has 7 nitrogen and oxygen atoms in total. The second-order valence-corrected chi connectivity index (χ2v) is 7.38. The maximum atomic E-state index is 13.3. The molecule has 7 heteroatoms. The predicted molar refractivity (Wildman–Crippen MR) is 93.4 cm³/mol. The second kappa shape index (κ2) is 4.81. The van der Waals surface area contributed by atoms with Crippen LogP contribution in [0.25, 0.3) is 0 Å². The monoisotopic (exact) mass is 356 g/mol. The molecule has 0 bridgehead atoms. The molecule has 2 aliphatic rings. The molecule has 0 fully saturated rings. The molecule has 26 heavy (non-hydrogen) atoms. The van der Waals surface area contributed by atoms with Crippen LogP contribution in [0, 0.1) is 13.8 Å². The van der Waals surface area contributed by atoms with Crippen LogP contribution in [0.5, 0.6) is 0 Å². The topological polar surface area (TPSA) is 102 Å². The zero-order chi connectivity index (χ0) is 19.2. The summed E-state index contributed by atoms with van der Waals surface area (Å²) in [6.07, 6.45) is -0.0206. The van der Waals surface area contributed by atoms with Crippen molar-refractivity contribution in [3.8, 4) is 0 Å². The number of hydrogen-bond donors (Lipinski definition) is 2. The molecule has 2 atom stereocenters. The first-order valence-electron chi connectivity index (χ1n) is 8.55. The van der Waals surface area contributed by atoms with E-state index in [9.17, 15) is 24.6 Å². The first-order valence-corrected chi connectivity index (χ1v) is 8.55. The molecular formula is C19H20N2O5. The highest BCUT2D eigenvalue weighted by Gasteiger charge is 2.58. The van der Waals surface area contributed by atoms with Crippen molar-refractivity contribution in [3.63, 3.8) is 0 Å². The fraction of sp³-hybridized carbons (Fsp3) is 0.421.